The molecular formula is C52H29N3O. The van der Waals surface area contributed by atoms with Gasteiger partial charge in [0.15, 0.2) is 5.82 Å². The molecule has 3 heterocycles. The number of hydrogen-bond donors (Lipinski definition) is 0. The van der Waals surface area contributed by atoms with Gasteiger partial charge in [0.25, 0.3) is 0 Å². The summed E-state index contributed by atoms with van der Waals surface area (Å²) in [5.74, 6) is 0.782. The van der Waals surface area contributed by atoms with Crippen molar-refractivity contribution >= 4 is 109 Å². The van der Waals surface area contributed by atoms with Crippen LogP contribution in [0, 0.1) is 0 Å². The lowest BCUT2D eigenvalue weighted by atomic mass is 9.91. The Bertz CT molecular complexity index is 3800. The van der Waals surface area contributed by atoms with Crippen molar-refractivity contribution in [2.24, 2.45) is 0 Å². The van der Waals surface area contributed by atoms with Crippen molar-refractivity contribution in [3.05, 3.63) is 176 Å². The molecule has 0 saturated heterocycles. The molecule has 0 aliphatic rings. The molecule has 0 aliphatic carbocycles. The summed E-state index contributed by atoms with van der Waals surface area (Å²) >= 11 is 0. The summed E-state index contributed by atoms with van der Waals surface area (Å²) in [6, 6.07) is 63.0. The van der Waals surface area contributed by atoms with Crippen molar-refractivity contribution < 1.29 is 4.42 Å². The molecule has 0 amide bonds. The maximum Gasteiger partial charge on any atom is 0.165 e. The average Bonchev–Trinajstić information content (AvgIpc) is 3.79. The number of aromatic nitrogens is 3. The van der Waals surface area contributed by atoms with Gasteiger partial charge in [0.1, 0.15) is 16.9 Å². The quantitative estimate of drug-likeness (QED) is 0.168. The zero-order valence-electron chi connectivity index (χ0n) is 30.0. The molecule has 56 heavy (non-hydrogen) atoms. The van der Waals surface area contributed by atoms with Crippen LogP contribution in [-0.4, -0.2) is 14.5 Å². The third kappa shape index (κ3) is 4.02. The van der Waals surface area contributed by atoms with E-state index in [2.05, 4.69) is 168 Å². The first-order valence-electron chi connectivity index (χ1n) is 19.1. The molecular weight excluding hydrogens is 683 g/mol. The van der Waals surface area contributed by atoms with Crippen LogP contribution in [-0.2, 0) is 0 Å². The van der Waals surface area contributed by atoms with Crippen LogP contribution in [0.3, 0.4) is 0 Å². The van der Waals surface area contributed by atoms with Crippen LogP contribution in [0.25, 0.3) is 126 Å². The second kappa shape index (κ2) is 11.0. The minimum Gasteiger partial charge on any atom is -0.456 e. The molecule has 0 saturated carbocycles. The fourth-order valence-corrected chi connectivity index (χ4v) is 9.42. The molecule has 0 atom stereocenters. The van der Waals surface area contributed by atoms with Crippen LogP contribution in [0.1, 0.15) is 0 Å². The molecule has 258 valence electrons. The minimum absolute atomic E-state index is 0.782. The summed E-state index contributed by atoms with van der Waals surface area (Å²) in [4.78, 5) is 11.2. The van der Waals surface area contributed by atoms with E-state index in [0.29, 0.717) is 0 Å². The summed E-state index contributed by atoms with van der Waals surface area (Å²) in [6.45, 7) is 0. The molecule has 0 spiro atoms. The van der Waals surface area contributed by atoms with Gasteiger partial charge >= 0.3 is 0 Å². The second-order valence-corrected chi connectivity index (χ2v) is 14.9. The van der Waals surface area contributed by atoms with Gasteiger partial charge in [0.05, 0.1) is 22.1 Å². The van der Waals surface area contributed by atoms with Crippen molar-refractivity contribution in [3.63, 3.8) is 0 Å². The molecule has 0 bridgehead atoms. The summed E-state index contributed by atoms with van der Waals surface area (Å²) < 4.78 is 8.82. The van der Waals surface area contributed by atoms with Crippen LogP contribution in [0.5, 0.6) is 0 Å². The Morgan fingerprint density at radius 2 is 0.982 bits per heavy atom. The fourth-order valence-electron chi connectivity index (χ4n) is 9.42. The Hall–Kier alpha value is -7.56. The molecule has 13 rings (SSSR count). The molecule has 3 aromatic heterocycles. The summed E-state index contributed by atoms with van der Waals surface area (Å²) in [5, 5.41) is 16.7. The minimum atomic E-state index is 0.782. The standard InChI is InChI=1S/C52H29N3O/c1-2-13-32-28-45-42(27-31(32)12-1)49-44(26-24-41-37-17-6-5-15-35(37)36-16-7-8-19-40(36)48(41)49)55(45)52-50(53-43-25-22-30-11-3-4-14-34(30)51(43)54-52)33-21-23-39-38-18-9-10-20-46(38)56-47(39)29-33/h1-29H. The van der Waals surface area contributed by atoms with E-state index in [1.54, 1.807) is 0 Å². The van der Waals surface area contributed by atoms with Crippen LogP contribution in [0.2, 0.25) is 0 Å². The predicted molar refractivity (Wildman–Crippen MR) is 234 cm³/mol. The SMILES string of the molecule is c1ccc2cc3c(cc2c1)c1c2c4ccccc4c4ccccc4c2ccc1n3-c1nc2c(ccc3ccccc32)nc1-c1ccc2c(c1)oc1ccccc12. The Labute approximate surface area is 319 Å². The highest BCUT2D eigenvalue weighted by atomic mass is 16.3. The van der Waals surface area contributed by atoms with Gasteiger partial charge in [0.2, 0.25) is 0 Å². The smallest absolute Gasteiger partial charge is 0.165 e. The van der Waals surface area contributed by atoms with Crippen LogP contribution < -0.4 is 0 Å². The number of hydrogen-bond acceptors (Lipinski definition) is 3. The number of benzene rings is 10. The van der Waals surface area contributed by atoms with Crippen molar-refractivity contribution in [3.8, 4) is 17.1 Å². The second-order valence-electron chi connectivity index (χ2n) is 14.9. The Kier molecular flexibility index (Phi) is 5.86. The van der Waals surface area contributed by atoms with Crippen LogP contribution in [0.15, 0.2) is 180 Å². The van der Waals surface area contributed by atoms with Gasteiger partial charge in [-0.3, -0.25) is 4.57 Å². The number of rotatable bonds is 2. The number of para-hydroxylation sites is 1. The highest BCUT2D eigenvalue weighted by Crippen LogP contribution is 2.45. The molecule has 4 heteroatoms. The van der Waals surface area contributed by atoms with E-state index in [1.807, 2.05) is 12.1 Å². The van der Waals surface area contributed by atoms with E-state index < -0.39 is 0 Å². The predicted octanol–water partition coefficient (Wildman–Crippen LogP) is 14.1. The zero-order valence-corrected chi connectivity index (χ0v) is 30.0. The molecule has 0 fully saturated rings. The van der Waals surface area contributed by atoms with Crippen molar-refractivity contribution in [1.82, 2.24) is 14.5 Å². The van der Waals surface area contributed by atoms with E-state index >= 15 is 0 Å². The van der Waals surface area contributed by atoms with Crippen molar-refractivity contribution in [2.75, 3.05) is 0 Å². The first kappa shape index (κ1) is 29.8. The number of nitrogens with zero attached hydrogens (tertiary/aromatic N) is 3. The fraction of sp³-hybridized carbons (Fsp3) is 0. The largest absolute Gasteiger partial charge is 0.456 e. The Morgan fingerprint density at radius 1 is 0.375 bits per heavy atom. The van der Waals surface area contributed by atoms with Gasteiger partial charge in [0, 0.05) is 37.9 Å². The monoisotopic (exact) mass is 711 g/mol. The van der Waals surface area contributed by atoms with Crippen molar-refractivity contribution in [1.29, 1.82) is 0 Å². The highest BCUT2D eigenvalue weighted by Gasteiger charge is 2.24. The van der Waals surface area contributed by atoms with E-state index in [9.17, 15) is 0 Å². The van der Waals surface area contributed by atoms with E-state index in [1.165, 1.54) is 53.9 Å². The Balaban J connectivity index is 1.24. The topological polar surface area (TPSA) is 43.9 Å². The average molecular weight is 712 g/mol. The van der Waals surface area contributed by atoms with E-state index in [-0.39, 0.29) is 0 Å². The Morgan fingerprint density at radius 3 is 1.79 bits per heavy atom. The van der Waals surface area contributed by atoms with Gasteiger partial charge in [-0.25, -0.2) is 9.97 Å². The normalized spacial score (nSPS) is 12.3. The molecule has 0 aliphatic heterocycles. The van der Waals surface area contributed by atoms with E-state index in [0.717, 1.165) is 71.9 Å². The summed E-state index contributed by atoms with van der Waals surface area (Å²) in [5.41, 5.74) is 7.34. The van der Waals surface area contributed by atoms with E-state index in [4.69, 9.17) is 14.4 Å². The molecule has 10 aromatic carbocycles. The lowest BCUT2D eigenvalue weighted by Crippen LogP contribution is -2.04. The maximum absolute atomic E-state index is 6.45. The summed E-state index contributed by atoms with van der Waals surface area (Å²) in [6.07, 6.45) is 0. The molecule has 4 nitrogen and oxygen atoms in total. The lowest BCUT2D eigenvalue weighted by Gasteiger charge is -2.15. The highest BCUT2D eigenvalue weighted by molar-refractivity contribution is 6.36. The first-order valence-corrected chi connectivity index (χ1v) is 19.1. The first-order chi connectivity index (χ1) is 27.8. The molecule has 0 unspecified atom stereocenters. The number of furan rings is 1. The molecule has 13 aromatic rings. The van der Waals surface area contributed by atoms with Gasteiger partial charge in [-0.1, -0.05) is 133 Å². The van der Waals surface area contributed by atoms with Crippen LogP contribution in [0.4, 0.5) is 0 Å². The maximum atomic E-state index is 6.45. The lowest BCUT2D eigenvalue weighted by molar-refractivity contribution is 0.669. The molecule has 0 radical (unpaired) electrons. The van der Waals surface area contributed by atoms with Crippen molar-refractivity contribution in [2.45, 2.75) is 0 Å². The third-order valence-electron chi connectivity index (χ3n) is 11.9. The number of fused-ring (bicyclic) bond motifs is 17. The van der Waals surface area contributed by atoms with Gasteiger partial charge in [-0.15, -0.1) is 0 Å². The molecule has 0 N–H and O–H groups in total. The van der Waals surface area contributed by atoms with Gasteiger partial charge in [-0.05, 0) is 85.6 Å². The van der Waals surface area contributed by atoms with Gasteiger partial charge < -0.3 is 4.42 Å². The zero-order chi connectivity index (χ0) is 36.5. The third-order valence-corrected chi connectivity index (χ3v) is 11.9. The summed E-state index contributed by atoms with van der Waals surface area (Å²) in [7, 11) is 0. The van der Waals surface area contributed by atoms with Crippen LogP contribution >= 0.6 is 0 Å². The van der Waals surface area contributed by atoms with Gasteiger partial charge in [-0.2, -0.15) is 0 Å².